The normalized spacial score (nSPS) is 27.2. The Bertz CT molecular complexity index is 593. The number of aryl methyl sites for hydroxylation is 1. The minimum Gasteiger partial charge on any atom is -0.367 e. The highest BCUT2D eigenvalue weighted by molar-refractivity contribution is 6.28. The van der Waals surface area contributed by atoms with Crippen molar-refractivity contribution in [2.24, 2.45) is 0 Å². The summed E-state index contributed by atoms with van der Waals surface area (Å²) in [6.45, 7) is 5.13. The van der Waals surface area contributed by atoms with Gasteiger partial charge in [0.1, 0.15) is 5.82 Å². The maximum atomic E-state index is 13.3. The van der Waals surface area contributed by atoms with Gasteiger partial charge < -0.3 is 5.32 Å². The molecule has 1 aromatic heterocycles. The van der Waals surface area contributed by atoms with Gasteiger partial charge in [-0.15, -0.1) is 0 Å². The molecular formula is C18H27ClF2N4. The molecule has 0 atom stereocenters. The number of alkyl halides is 2. The predicted molar refractivity (Wildman–Crippen MR) is 96.6 cm³/mol. The molecule has 0 radical (unpaired) electrons. The summed E-state index contributed by atoms with van der Waals surface area (Å²) in [5, 5.41) is 3.81. The van der Waals surface area contributed by atoms with Crippen LogP contribution in [-0.2, 0) is 6.42 Å². The molecule has 0 spiro atoms. The molecular weight excluding hydrogens is 346 g/mol. The fourth-order valence-electron chi connectivity index (χ4n) is 4.01. The molecule has 1 aromatic rings. The van der Waals surface area contributed by atoms with Crippen molar-refractivity contribution in [3.05, 3.63) is 16.5 Å². The number of halogens is 3. The lowest BCUT2D eigenvalue weighted by Crippen LogP contribution is -2.47. The summed E-state index contributed by atoms with van der Waals surface area (Å²) in [6, 6.07) is 0.798. The number of hydrogen-bond donors (Lipinski definition) is 1. The topological polar surface area (TPSA) is 41.1 Å². The van der Waals surface area contributed by atoms with E-state index in [4.69, 9.17) is 11.6 Å². The molecule has 1 saturated heterocycles. The van der Waals surface area contributed by atoms with E-state index in [1.165, 1.54) is 0 Å². The first-order chi connectivity index (χ1) is 11.9. The minimum absolute atomic E-state index is 0.00357. The number of rotatable bonds is 4. The van der Waals surface area contributed by atoms with Gasteiger partial charge in [0.15, 0.2) is 0 Å². The van der Waals surface area contributed by atoms with Crippen molar-refractivity contribution in [2.45, 2.75) is 76.8 Å². The number of likely N-dealkylation sites (tertiary alicyclic amines) is 1. The Kier molecular flexibility index (Phi) is 5.78. The van der Waals surface area contributed by atoms with Crippen LogP contribution in [-0.4, -0.2) is 46.0 Å². The van der Waals surface area contributed by atoms with Crippen LogP contribution in [0.2, 0.25) is 5.28 Å². The molecule has 1 saturated carbocycles. The second kappa shape index (κ2) is 7.70. The van der Waals surface area contributed by atoms with E-state index < -0.39 is 5.92 Å². The zero-order valence-corrected chi connectivity index (χ0v) is 15.8. The lowest BCUT2D eigenvalue weighted by Gasteiger charge is -2.41. The van der Waals surface area contributed by atoms with Crippen LogP contribution < -0.4 is 5.32 Å². The van der Waals surface area contributed by atoms with Crippen LogP contribution in [0.25, 0.3) is 0 Å². The van der Waals surface area contributed by atoms with Crippen molar-refractivity contribution in [3.63, 3.8) is 0 Å². The van der Waals surface area contributed by atoms with Gasteiger partial charge in [0.25, 0.3) is 5.92 Å². The molecule has 0 amide bonds. The highest BCUT2D eigenvalue weighted by Crippen LogP contribution is 2.33. The third kappa shape index (κ3) is 4.59. The molecule has 3 rings (SSSR count). The molecule has 25 heavy (non-hydrogen) atoms. The molecule has 7 heteroatoms. The molecule has 1 aliphatic carbocycles. The summed E-state index contributed by atoms with van der Waals surface area (Å²) in [4.78, 5) is 10.9. The third-order valence-corrected chi connectivity index (χ3v) is 5.81. The van der Waals surface area contributed by atoms with Crippen LogP contribution in [0.3, 0.4) is 0 Å². The van der Waals surface area contributed by atoms with Gasteiger partial charge in [-0.05, 0) is 50.6 Å². The fraction of sp³-hybridized carbons (Fsp3) is 0.778. The average Bonchev–Trinajstić information content (AvgIpc) is 2.58. The van der Waals surface area contributed by atoms with Crippen molar-refractivity contribution in [2.75, 3.05) is 18.4 Å². The molecule has 1 aliphatic heterocycles. The number of nitrogens with zero attached hydrogens (tertiary/aromatic N) is 3. The van der Waals surface area contributed by atoms with Gasteiger partial charge in [-0.1, -0.05) is 6.92 Å². The zero-order valence-electron chi connectivity index (χ0n) is 15.0. The van der Waals surface area contributed by atoms with Crippen LogP contribution in [0.1, 0.15) is 56.7 Å². The summed E-state index contributed by atoms with van der Waals surface area (Å²) < 4.78 is 26.6. The van der Waals surface area contributed by atoms with Crippen molar-refractivity contribution < 1.29 is 8.78 Å². The van der Waals surface area contributed by atoms with Gasteiger partial charge in [-0.3, -0.25) is 4.90 Å². The van der Waals surface area contributed by atoms with Crippen LogP contribution in [0.5, 0.6) is 0 Å². The van der Waals surface area contributed by atoms with Crippen molar-refractivity contribution >= 4 is 17.4 Å². The van der Waals surface area contributed by atoms with Gasteiger partial charge in [-0.2, -0.15) is 0 Å². The van der Waals surface area contributed by atoms with Gasteiger partial charge in [0, 0.05) is 43.6 Å². The monoisotopic (exact) mass is 372 g/mol. The summed E-state index contributed by atoms with van der Waals surface area (Å²) in [7, 11) is 0. The van der Waals surface area contributed by atoms with Crippen molar-refractivity contribution in [1.82, 2.24) is 14.9 Å². The van der Waals surface area contributed by atoms with E-state index in [2.05, 4.69) is 27.1 Å². The first-order valence-corrected chi connectivity index (χ1v) is 9.67. The SMILES string of the molecule is CCc1nc(Cl)nc(NC2CCC(N3CCC(F)(F)CC3)CC2)c1C. The smallest absolute Gasteiger partial charge is 0.250 e. The Labute approximate surface area is 153 Å². The van der Waals surface area contributed by atoms with Crippen molar-refractivity contribution in [3.8, 4) is 0 Å². The van der Waals surface area contributed by atoms with E-state index in [-0.39, 0.29) is 18.1 Å². The quantitative estimate of drug-likeness (QED) is 0.792. The Morgan fingerprint density at radius 1 is 1.16 bits per heavy atom. The number of nitrogens with one attached hydrogen (secondary N) is 1. The Hall–Kier alpha value is -1.01. The van der Waals surface area contributed by atoms with E-state index in [0.29, 0.717) is 25.2 Å². The fourth-order valence-corrected chi connectivity index (χ4v) is 4.20. The van der Waals surface area contributed by atoms with Gasteiger partial charge >= 0.3 is 0 Å². The lowest BCUT2D eigenvalue weighted by molar-refractivity contribution is -0.0657. The predicted octanol–water partition coefficient (Wildman–Crippen LogP) is 4.46. The molecule has 140 valence electrons. The van der Waals surface area contributed by atoms with Crippen molar-refractivity contribution in [1.29, 1.82) is 0 Å². The highest BCUT2D eigenvalue weighted by Gasteiger charge is 2.37. The van der Waals surface area contributed by atoms with Gasteiger partial charge in [0.05, 0.1) is 5.69 Å². The second-order valence-corrected chi connectivity index (χ2v) is 7.65. The summed E-state index contributed by atoms with van der Waals surface area (Å²) >= 11 is 6.04. The standard InChI is InChI=1S/C18H27ClF2N4/c1-3-15-12(2)16(24-17(19)23-15)22-13-4-6-14(7-5-13)25-10-8-18(20,21)9-11-25/h13-14H,3-11H2,1-2H3,(H,22,23,24). The average molecular weight is 373 g/mol. The van der Waals surface area contributed by atoms with Crippen LogP contribution >= 0.6 is 11.6 Å². The minimum atomic E-state index is -2.46. The molecule has 0 aromatic carbocycles. The number of aromatic nitrogens is 2. The number of anilines is 1. The summed E-state index contributed by atoms with van der Waals surface area (Å²) in [5.74, 6) is -1.63. The first kappa shape index (κ1) is 18.8. The molecule has 0 unspecified atom stereocenters. The van der Waals surface area contributed by atoms with E-state index in [1.807, 2.05) is 6.92 Å². The Morgan fingerprint density at radius 3 is 2.40 bits per heavy atom. The molecule has 1 N–H and O–H groups in total. The number of piperidine rings is 1. The van der Waals surface area contributed by atoms with E-state index in [9.17, 15) is 8.78 Å². The second-order valence-electron chi connectivity index (χ2n) is 7.31. The van der Waals surface area contributed by atoms with E-state index in [1.54, 1.807) is 0 Å². The molecule has 0 bridgehead atoms. The largest absolute Gasteiger partial charge is 0.367 e. The molecule has 2 heterocycles. The van der Waals surface area contributed by atoms with E-state index >= 15 is 0 Å². The summed E-state index contributed by atoms with van der Waals surface area (Å²) in [6.07, 6.45) is 4.98. The van der Waals surface area contributed by atoms with Crippen LogP contribution in [0.15, 0.2) is 0 Å². The maximum absolute atomic E-state index is 13.3. The maximum Gasteiger partial charge on any atom is 0.250 e. The van der Waals surface area contributed by atoms with Gasteiger partial charge in [-0.25, -0.2) is 18.7 Å². The molecule has 2 fully saturated rings. The first-order valence-electron chi connectivity index (χ1n) is 9.29. The van der Waals surface area contributed by atoms with Crippen LogP contribution in [0, 0.1) is 6.92 Å². The number of hydrogen-bond acceptors (Lipinski definition) is 4. The molecule has 2 aliphatic rings. The van der Waals surface area contributed by atoms with Crippen LogP contribution in [0.4, 0.5) is 14.6 Å². The Balaban J connectivity index is 1.54. The molecule has 4 nitrogen and oxygen atoms in total. The Morgan fingerprint density at radius 2 is 1.80 bits per heavy atom. The van der Waals surface area contributed by atoms with Gasteiger partial charge in [0.2, 0.25) is 5.28 Å². The lowest BCUT2D eigenvalue weighted by atomic mass is 9.88. The highest BCUT2D eigenvalue weighted by atomic mass is 35.5. The zero-order chi connectivity index (χ0) is 18.0. The summed E-state index contributed by atoms with van der Waals surface area (Å²) in [5.41, 5.74) is 2.04. The third-order valence-electron chi connectivity index (χ3n) is 5.64. The van der Waals surface area contributed by atoms with E-state index in [0.717, 1.165) is 49.2 Å².